The normalized spacial score (nSPS) is 16.8. The number of aromatic nitrogens is 5. The van der Waals surface area contributed by atoms with Crippen molar-refractivity contribution in [2.24, 2.45) is 7.05 Å². The fraction of sp³-hybridized carbons (Fsp3) is 0.355. The Balaban J connectivity index is 1.14. The summed E-state index contributed by atoms with van der Waals surface area (Å²) in [6.07, 6.45) is -2.74. The number of β-amino-alcohol motifs (C(OH)–C–C–N with tert-alkyl or cyclic N) is 1. The summed E-state index contributed by atoms with van der Waals surface area (Å²) in [4.78, 5) is 62.7. The first kappa shape index (κ1) is 35.4. The second-order valence-corrected chi connectivity index (χ2v) is 12.4. The Kier molecular flexibility index (Phi) is 9.78. The highest BCUT2D eigenvalue weighted by atomic mass is 35.5. The number of H-pyrrole nitrogens is 1. The minimum Gasteiger partial charge on any atom is -0.392 e. The summed E-state index contributed by atoms with van der Waals surface area (Å²) in [6, 6.07) is 6.47. The lowest BCUT2D eigenvalue weighted by atomic mass is 10.1. The molecule has 0 saturated carbocycles. The van der Waals surface area contributed by atoms with Gasteiger partial charge in [-0.15, -0.1) is 0 Å². The molecule has 2 saturated heterocycles. The number of halogens is 4. The number of piperazine rings is 1. The Bertz CT molecular complexity index is 1990. The molecule has 20 heteroatoms. The first-order valence-electron chi connectivity index (χ1n) is 15.6. The van der Waals surface area contributed by atoms with Crippen molar-refractivity contribution in [1.82, 2.24) is 39.4 Å². The second kappa shape index (κ2) is 14.1. The van der Waals surface area contributed by atoms with Crippen molar-refractivity contribution in [2.75, 3.05) is 51.1 Å². The largest absolute Gasteiger partial charge is 0.433 e. The molecule has 2 aliphatic rings. The minimum absolute atomic E-state index is 0.0397. The molecule has 268 valence electrons. The fourth-order valence-corrected chi connectivity index (χ4v) is 6.26. The molecular formula is C31H30ClF3N10O6. The molecular weight excluding hydrogens is 701 g/mol. The molecule has 3 aromatic heterocycles. The molecule has 6 rings (SSSR count). The standard InChI is InChI=1S/C31H30ClF3N10O6/c1-41-23(25-26(39-40-27(25)31(33,34)35)22-5-3-18(13-36-22)45(50)51)14-37-28(41)29(48)38-17-2-4-20(21(32)12-17)30(49)44-10-8-43(9-11-44)24(47)16-42-7-6-19(46)15-42/h2-5,12-14,19,46H,6-11,15-16H2,1H3,(H,38,48)(H,39,40)/t19-/m0/s1. The number of benzene rings is 1. The number of imidazole rings is 1. The molecule has 0 bridgehead atoms. The SMILES string of the molecule is Cn1c(-c2c(-c3ccc([N+](=O)[O-])cn3)n[nH]c2C(F)(F)F)cnc1C(=O)Nc1ccc(C(=O)N2CCN(C(=O)CN3CC[C@H](O)C3)CC2)c(Cl)c1. The number of alkyl halides is 3. The van der Waals surface area contributed by atoms with Crippen LogP contribution in [0.1, 0.15) is 33.1 Å². The molecule has 0 aliphatic carbocycles. The molecule has 1 aromatic carbocycles. The summed E-state index contributed by atoms with van der Waals surface area (Å²) in [5.41, 5.74) is -2.23. The molecule has 1 atom stereocenters. The summed E-state index contributed by atoms with van der Waals surface area (Å²) in [5.74, 6) is -1.50. The van der Waals surface area contributed by atoms with E-state index in [0.29, 0.717) is 32.6 Å². The van der Waals surface area contributed by atoms with Gasteiger partial charge in [-0.25, -0.2) is 9.97 Å². The monoisotopic (exact) mass is 730 g/mol. The Labute approximate surface area is 292 Å². The first-order valence-corrected chi connectivity index (χ1v) is 16.0. The van der Waals surface area contributed by atoms with E-state index in [-0.39, 0.29) is 76.3 Å². The Morgan fingerprint density at radius 3 is 2.41 bits per heavy atom. The molecule has 0 radical (unpaired) electrons. The zero-order valence-electron chi connectivity index (χ0n) is 26.9. The Morgan fingerprint density at radius 1 is 1.08 bits per heavy atom. The lowest BCUT2D eigenvalue weighted by Gasteiger charge is -2.35. The van der Waals surface area contributed by atoms with Crippen molar-refractivity contribution >= 4 is 40.7 Å². The molecule has 0 unspecified atom stereocenters. The molecule has 16 nitrogen and oxygen atoms in total. The van der Waals surface area contributed by atoms with Crippen LogP contribution in [0.5, 0.6) is 0 Å². The van der Waals surface area contributed by atoms with E-state index >= 15 is 0 Å². The van der Waals surface area contributed by atoms with Gasteiger partial charge in [-0.3, -0.25) is 34.5 Å². The number of nitrogens with zero attached hydrogens (tertiary/aromatic N) is 8. The number of aliphatic hydroxyl groups is 1. The third-order valence-corrected chi connectivity index (χ3v) is 8.99. The average molecular weight is 731 g/mol. The maximum absolute atomic E-state index is 14.0. The van der Waals surface area contributed by atoms with E-state index in [4.69, 9.17) is 11.6 Å². The molecule has 3 N–H and O–H groups in total. The molecule has 3 amide bonds. The second-order valence-electron chi connectivity index (χ2n) is 12.0. The number of nitrogens with one attached hydrogen (secondary N) is 2. The third-order valence-electron chi connectivity index (χ3n) is 8.68. The smallest absolute Gasteiger partial charge is 0.392 e. The van der Waals surface area contributed by atoms with Crippen LogP contribution in [-0.2, 0) is 18.0 Å². The van der Waals surface area contributed by atoms with Crippen LogP contribution in [0.15, 0.2) is 42.7 Å². The molecule has 51 heavy (non-hydrogen) atoms. The highest BCUT2D eigenvalue weighted by Crippen LogP contribution is 2.41. The number of nitro groups is 1. The van der Waals surface area contributed by atoms with Gasteiger partial charge in [0.25, 0.3) is 17.5 Å². The van der Waals surface area contributed by atoms with E-state index in [1.165, 1.54) is 25.2 Å². The Hall–Kier alpha value is -5.40. The summed E-state index contributed by atoms with van der Waals surface area (Å²) in [6.45, 7) is 2.59. The van der Waals surface area contributed by atoms with E-state index in [0.717, 1.165) is 29.1 Å². The number of anilines is 1. The van der Waals surface area contributed by atoms with Crippen LogP contribution >= 0.6 is 11.6 Å². The van der Waals surface area contributed by atoms with Crippen LogP contribution in [-0.4, -0.2) is 119 Å². The number of aliphatic hydroxyl groups excluding tert-OH is 1. The first-order chi connectivity index (χ1) is 24.2. The zero-order chi connectivity index (χ0) is 36.6. The van der Waals surface area contributed by atoms with Crippen molar-refractivity contribution < 1.29 is 37.6 Å². The van der Waals surface area contributed by atoms with E-state index in [9.17, 15) is 42.8 Å². The number of hydrogen-bond donors (Lipinski definition) is 3. The predicted octanol–water partition coefficient (Wildman–Crippen LogP) is 3.06. The molecule has 5 heterocycles. The number of aromatic amines is 1. The number of likely N-dealkylation sites (tertiary alicyclic amines) is 1. The minimum atomic E-state index is -4.90. The molecule has 0 spiro atoms. The number of amides is 3. The zero-order valence-corrected chi connectivity index (χ0v) is 27.6. The van der Waals surface area contributed by atoms with Gasteiger partial charge in [-0.1, -0.05) is 11.6 Å². The summed E-state index contributed by atoms with van der Waals surface area (Å²) < 4.78 is 43.2. The molecule has 4 aromatic rings. The number of carbonyl (C=O) groups is 3. The van der Waals surface area contributed by atoms with Gasteiger partial charge in [0.1, 0.15) is 17.6 Å². The van der Waals surface area contributed by atoms with Gasteiger partial charge in [-0.05, 0) is 30.7 Å². The average Bonchev–Trinajstić information content (AvgIpc) is 3.82. The summed E-state index contributed by atoms with van der Waals surface area (Å²) >= 11 is 6.45. The van der Waals surface area contributed by atoms with Crippen molar-refractivity contribution in [2.45, 2.75) is 18.7 Å². The maximum Gasteiger partial charge on any atom is 0.433 e. The predicted molar refractivity (Wildman–Crippen MR) is 175 cm³/mol. The maximum atomic E-state index is 14.0. The lowest BCUT2D eigenvalue weighted by Crippen LogP contribution is -2.52. The van der Waals surface area contributed by atoms with Crippen molar-refractivity contribution in [3.63, 3.8) is 0 Å². The summed E-state index contributed by atoms with van der Waals surface area (Å²) in [7, 11) is 1.33. The van der Waals surface area contributed by atoms with E-state index in [2.05, 4.69) is 20.4 Å². The van der Waals surface area contributed by atoms with Crippen molar-refractivity contribution in [1.29, 1.82) is 0 Å². The lowest BCUT2D eigenvalue weighted by molar-refractivity contribution is -0.385. The number of hydrogen-bond acceptors (Lipinski definition) is 10. The van der Waals surface area contributed by atoms with E-state index in [1.807, 2.05) is 10.00 Å². The van der Waals surface area contributed by atoms with Gasteiger partial charge in [-0.2, -0.15) is 18.3 Å². The quantitative estimate of drug-likeness (QED) is 0.179. The van der Waals surface area contributed by atoms with Crippen LogP contribution < -0.4 is 5.32 Å². The van der Waals surface area contributed by atoms with Crippen LogP contribution in [0.25, 0.3) is 22.6 Å². The summed E-state index contributed by atoms with van der Waals surface area (Å²) in [5, 5.41) is 29.1. The molecule has 2 fully saturated rings. The van der Waals surface area contributed by atoms with Crippen LogP contribution in [0.3, 0.4) is 0 Å². The van der Waals surface area contributed by atoms with Crippen LogP contribution in [0.2, 0.25) is 5.02 Å². The topological polar surface area (TPSA) is 196 Å². The highest BCUT2D eigenvalue weighted by Gasteiger charge is 2.39. The number of carbonyl (C=O) groups excluding carboxylic acids is 3. The van der Waals surface area contributed by atoms with Crippen molar-refractivity contribution in [3.05, 3.63) is 74.9 Å². The van der Waals surface area contributed by atoms with Crippen molar-refractivity contribution in [3.8, 4) is 22.6 Å². The van der Waals surface area contributed by atoms with Gasteiger partial charge >= 0.3 is 6.18 Å². The van der Waals surface area contributed by atoms with Gasteiger partial charge in [0.05, 0.1) is 51.3 Å². The van der Waals surface area contributed by atoms with E-state index in [1.54, 1.807) is 9.80 Å². The van der Waals surface area contributed by atoms with Crippen LogP contribution in [0, 0.1) is 10.1 Å². The third kappa shape index (κ3) is 7.40. The highest BCUT2D eigenvalue weighted by molar-refractivity contribution is 6.34. The van der Waals surface area contributed by atoms with Gasteiger partial charge in [0, 0.05) is 58.1 Å². The molecule has 2 aliphatic heterocycles. The number of rotatable bonds is 8. The van der Waals surface area contributed by atoms with Gasteiger partial charge in [0.2, 0.25) is 5.91 Å². The van der Waals surface area contributed by atoms with E-state index < -0.39 is 34.4 Å². The Morgan fingerprint density at radius 2 is 1.80 bits per heavy atom. The van der Waals surface area contributed by atoms with Gasteiger partial charge < -0.3 is 24.8 Å². The number of pyridine rings is 1. The van der Waals surface area contributed by atoms with Crippen LogP contribution in [0.4, 0.5) is 24.5 Å². The van der Waals surface area contributed by atoms with Gasteiger partial charge in [0.15, 0.2) is 5.82 Å². The fourth-order valence-electron chi connectivity index (χ4n) is 6.00.